The maximum absolute atomic E-state index is 11.9. The molecular formula is C16H14N4OS. The van der Waals surface area contributed by atoms with E-state index in [4.69, 9.17) is 5.84 Å². The molecule has 0 radical (unpaired) electrons. The summed E-state index contributed by atoms with van der Waals surface area (Å²) >= 11 is 1.43. The number of nitrogens with zero attached hydrogens (tertiary/aromatic N) is 1. The van der Waals surface area contributed by atoms with Crippen LogP contribution in [-0.2, 0) is 4.79 Å². The Balaban J connectivity index is 1.72. The molecule has 1 heterocycles. The molecule has 2 aromatic carbocycles. The Labute approximate surface area is 131 Å². The lowest BCUT2D eigenvalue weighted by atomic mass is 10.2. The van der Waals surface area contributed by atoms with Gasteiger partial charge in [0.2, 0.25) is 5.91 Å². The number of carbonyl (C=O) groups excluding carboxylic acids is 1. The highest BCUT2D eigenvalue weighted by Gasteiger charge is 2.04. The number of hydrogen-bond acceptors (Lipinski definition) is 5. The maximum atomic E-state index is 11.9. The van der Waals surface area contributed by atoms with Gasteiger partial charge < -0.3 is 5.32 Å². The zero-order valence-electron chi connectivity index (χ0n) is 11.6. The Bertz CT molecular complexity index is 827. The van der Waals surface area contributed by atoms with Crippen molar-refractivity contribution in [3.63, 3.8) is 0 Å². The molecule has 0 unspecified atom stereocenters. The molecule has 0 bridgehead atoms. The Morgan fingerprint density at radius 1 is 1.18 bits per heavy atom. The van der Waals surface area contributed by atoms with Gasteiger partial charge in [-0.15, -0.1) is 0 Å². The quantitative estimate of drug-likeness (QED) is 0.393. The number of hydrazine groups is 1. The lowest BCUT2D eigenvalue weighted by Gasteiger charge is -2.01. The standard InChI is InChI=1S/C16H14N4OS/c17-20-16-19-13-8-7-12(10-14(13)22-16)18-15(21)9-6-11-4-2-1-3-5-11/h1-10H,17H2,(H,18,21)(H,19,20)/b9-6+. The summed E-state index contributed by atoms with van der Waals surface area (Å²) in [6.07, 6.45) is 3.29. The van der Waals surface area contributed by atoms with Crippen molar-refractivity contribution in [3.05, 3.63) is 60.2 Å². The lowest BCUT2D eigenvalue weighted by Crippen LogP contribution is -2.07. The van der Waals surface area contributed by atoms with Crippen LogP contribution >= 0.6 is 11.3 Å². The molecule has 0 spiro atoms. The van der Waals surface area contributed by atoms with Crippen LogP contribution in [0.15, 0.2) is 54.6 Å². The highest BCUT2D eigenvalue weighted by atomic mass is 32.1. The first-order valence-electron chi connectivity index (χ1n) is 6.66. The van der Waals surface area contributed by atoms with Crippen LogP contribution in [0.3, 0.4) is 0 Å². The van der Waals surface area contributed by atoms with Crippen molar-refractivity contribution in [2.75, 3.05) is 10.7 Å². The van der Waals surface area contributed by atoms with E-state index in [0.717, 1.165) is 21.5 Å². The summed E-state index contributed by atoms with van der Waals surface area (Å²) in [5.74, 6) is 5.17. The third kappa shape index (κ3) is 3.30. The summed E-state index contributed by atoms with van der Waals surface area (Å²) in [6.45, 7) is 0. The first-order chi connectivity index (χ1) is 10.7. The summed E-state index contributed by atoms with van der Waals surface area (Å²) in [6, 6.07) is 15.2. The van der Waals surface area contributed by atoms with Gasteiger partial charge in [0.05, 0.1) is 10.2 Å². The summed E-state index contributed by atoms with van der Waals surface area (Å²) < 4.78 is 0.956. The summed E-state index contributed by atoms with van der Waals surface area (Å²) in [5.41, 5.74) is 5.07. The van der Waals surface area contributed by atoms with Gasteiger partial charge in [-0.05, 0) is 29.8 Å². The average molecular weight is 310 g/mol. The van der Waals surface area contributed by atoms with Crippen LogP contribution in [0.25, 0.3) is 16.3 Å². The average Bonchev–Trinajstić information content (AvgIpc) is 2.96. The van der Waals surface area contributed by atoms with Crippen LogP contribution < -0.4 is 16.6 Å². The maximum Gasteiger partial charge on any atom is 0.248 e. The predicted octanol–water partition coefficient (Wildman–Crippen LogP) is 3.23. The molecule has 3 aromatic rings. The third-order valence-electron chi connectivity index (χ3n) is 3.01. The van der Waals surface area contributed by atoms with Crippen molar-refractivity contribution in [1.82, 2.24) is 4.98 Å². The zero-order chi connectivity index (χ0) is 15.4. The third-order valence-corrected chi connectivity index (χ3v) is 3.96. The van der Waals surface area contributed by atoms with E-state index >= 15 is 0 Å². The summed E-state index contributed by atoms with van der Waals surface area (Å²) in [5, 5.41) is 3.47. The monoisotopic (exact) mass is 310 g/mol. The molecule has 0 atom stereocenters. The SMILES string of the molecule is NNc1nc2ccc(NC(=O)/C=C/c3ccccc3)cc2s1. The molecule has 1 amide bonds. The van der Waals surface area contributed by atoms with E-state index in [0.29, 0.717) is 5.13 Å². The van der Waals surface area contributed by atoms with Crippen LogP contribution in [-0.4, -0.2) is 10.9 Å². The van der Waals surface area contributed by atoms with E-state index in [1.165, 1.54) is 17.4 Å². The molecule has 0 fully saturated rings. The van der Waals surface area contributed by atoms with E-state index in [-0.39, 0.29) is 5.91 Å². The van der Waals surface area contributed by atoms with Crippen molar-refractivity contribution in [3.8, 4) is 0 Å². The molecule has 22 heavy (non-hydrogen) atoms. The molecule has 110 valence electrons. The van der Waals surface area contributed by atoms with Crippen LogP contribution in [0.5, 0.6) is 0 Å². The number of nitrogen functional groups attached to an aromatic ring is 1. The first kappa shape index (κ1) is 14.2. The molecule has 1 aromatic heterocycles. The highest BCUT2D eigenvalue weighted by Crippen LogP contribution is 2.27. The Morgan fingerprint density at radius 2 is 2.00 bits per heavy atom. The van der Waals surface area contributed by atoms with E-state index < -0.39 is 0 Å². The number of benzene rings is 2. The largest absolute Gasteiger partial charge is 0.322 e. The van der Waals surface area contributed by atoms with Gasteiger partial charge in [0.25, 0.3) is 0 Å². The second-order valence-electron chi connectivity index (χ2n) is 4.58. The van der Waals surface area contributed by atoms with E-state index in [9.17, 15) is 4.79 Å². The van der Waals surface area contributed by atoms with Gasteiger partial charge in [0.1, 0.15) is 0 Å². The second-order valence-corrected chi connectivity index (χ2v) is 5.61. The number of rotatable bonds is 4. The predicted molar refractivity (Wildman–Crippen MR) is 91.5 cm³/mol. The number of nitrogens with one attached hydrogen (secondary N) is 2. The minimum absolute atomic E-state index is 0.176. The van der Waals surface area contributed by atoms with Gasteiger partial charge in [-0.2, -0.15) is 0 Å². The molecule has 6 heteroatoms. The molecule has 5 nitrogen and oxygen atoms in total. The van der Waals surface area contributed by atoms with Crippen molar-refractivity contribution in [2.24, 2.45) is 5.84 Å². The minimum atomic E-state index is -0.176. The van der Waals surface area contributed by atoms with Crippen LogP contribution in [0.4, 0.5) is 10.8 Å². The molecule has 0 saturated carbocycles. The number of thiazole rings is 1. The molecule has 0 aliphatic heterocycles. The van der Waals surface area contributed by atoms with Crippen molar-refractivity contribution < 1.29 is 4.79 Å². The Kier molecular flexibility index (Phi) is 4.13. The van der Waals surface area contributed by atoms with E-state index in [1.54, 1.807) is 6.08 Å². The van der Waals surface area contributed by atoms with Crippen LogP contribution in [0, 0.1) is 0 Å². The molecular weight excluding hydrogens is 296 g/mol. The van der Waals surface area contributed by atoms with Gasteiger partial charge in [-0.1, -0.05) is 41.7 Å². The molecule has 3 rings (SSSR count). The van der Waals surface area contributed by atoms with Gasteiger partial charge in [-0.3, -0.25) is 10.2 Å². The van der Waals surface area contributed by atoms with Gasteiger partial charge in [0, 0.05) is 11.8 Å². The van der Waals surface area contributed by atoms with Crippen molar-refractivity contribution in [1.29, 1.82) is 0 Å². The first-order valence-corrected chi connectivity index (χ1v) is 7.47. The Morgan fingerprint density at radius 3 is 2.77 bits per heavy atom. The molecule has 0 saturated heterocycles. The number of fused-ring (bicyclic) bond motifs is 1. The number of amides is 1. The number of carbonyl (C=O) groups is 1. The number of anilines is 2. The second kappa shape index (κ2) is 6.38. The van der Waals surface area contributed by atoms with Crippen LogP contribution in [0.1, 0.15) is 5.56 Å². The van der Waals surface area contributed by atoms with Crippen LogP contribution in [0.2, 0.25) is 0 Å². The Hall–Kier alpha value is -2.70. The van der Waals surface area contributed by atoms with E-state index in [1.807, 2.05) is 48.5 Å². The smallest absolute Gasteiger partial charge is 0.248 e. The van der Waals surface area contributed by atoms with Gasteiger partial charge >= 0.3 is 0 Å². The molecule has 0 aliphatic rings. The molecule has 0 aliphatic carbocycles. The zero-order valence-corrected chi connectivity index (χ0v) is 12.4. The summed E-state index contributed by atoms with van der Waals surface area (Å²) in [4.78, 5) is 16.2. The van der Waals surface area contributed by atoms with Gasteiger partial charge in [-0.25, -0.2) is 10.8 Å². The fraction of sp³-hybridized carbons (Fsp3) is 0. The fourth-order valence-corrected chi connectivity index (χ4v) is 2.80. The van der Waals surface area contributed by atoms with Gasteiger partial charge in [0.15, 0.2) is 5.13 Å². The highest BCUT2D eigenvalue weighted by molar-refractivity contribution is 7.22. The topological polar surface area (TPSA) is 80.0 Å². The number of nitrogens with two attached hydrogens (primary N) is 1. The number of aromatic nitrogens is 1. The fourth-order valence-electron chi connectivity index (χ4n) is 1.98. The van der Waals surface area contributed by atoms with E-state index in [2.05, 4.69) is 15.7 Å². The summed E-state index contributed by atoms with van der Waals surface area (Å²) in [7, 11) is 0. The number of hydrogen-bond donors (Lipinski definition) is 3. The molecule has 4 N–H and O–H groups in total. The lowest BCUT2D eigenvalue weighted by molar-refractivity contribution is -0.111. The van der Waals surface area contributed by atoms with Crippen molar-refractivity contribution >= 4 is 44.4 Å². The normalized spacial score (nSPS) is 11.0. The minimum Gasteiger partial charge on any atom is -0.322 e. The van der Waals surface area contributed by atoms with Crippen molar-refractivity contribution in [2.45, 2.75) is 0 Å².